The normalized spacial score (nSPS) is 11.7. The molecule has 0 saturated carbocycles. The van der Waals surface area contributed by atoms with Gasteiger partial charge in [0.05, 0.1) is 34.8 Å². The molecular formula is C23H29N3O6S. The van der Waals surface area contributed by atoms with Gasteiger partial charge in [-0.05, 0) is 49.6 Å². The van der Waals surface area contributed by atoms with E-state index in [4.69, 9.17) is 15.2 Å². The number of thioether (sulfide) groups is 1. The molecule has 1 unspecified atom stereocenters. The van der Waals surface area contributed by atoms with E-state index in [1.54, 1.807) is 0 Å². The minimum Gasteiger partial charge on any atom is -0.490 e. The van der Waals surface area contributed by atoms with Gasteiger partial charge in [0.15, 0.2) is 11.5 Å². The summed E-state index contributed by atoms with van der Waals surface area (Å²) in [4.78, 5) is 35.1. The Bertz CT molecular complexity index is 1010. The highest BCUT2D eigenvalue weighted by molar-refractivity contribution is 8.00. The van der Waals surface area contributed by atoms with Crippen LogP contribution in [0.15, 0.2) is 41.3 Å². The number of nitro groups is 1. The number of amides is 2. The number of carbonyl (C=O) groups is 2. The molecule has 0 aromatic heterocycles. The molecule has 178 valence electrons. The van der Waals surface area contributed by atoms with Crippen molar-refractivity contribution in [1.82, 2.24) is 5.32 Å². The maximum Gasteiger partial charge on any atom is 0.283 e. The standard InChI is InChI=1S/C23H29N3O6S/c1-5-31-18-9-7-15(12-19(18)32-6-2)22(14(3)4)25-21(27)13-33-20-10-8-16(23(24)28)11-17(20)26(29)30/h7-12,14,22H,5-6,13H2,1-4H3,(H2,24,28)(H,25,27). The van der Waals surface area contributed by atoms with Gasteiger partial charge in [-0.1, -0.05) is 19.9 Å². The van der Waals surface area contributed by atoms with Crippen molar-refractivity contribution < 1.29 is 24.0 Å². The number of hydrogen-bond donors (Lipinski definition) is 2. The van der Waals surface area contributed by atoms with E-state index in [0.29, 0.717) is 24.7 Å². The fourth-order valence-corrected chi connectivity index (χ4v) is 4.01. The van der Waals surface area contributed by atoms with Crippen LogP contribution in [0.25, 0.3) is 0 Å². The summed E-state index contributed by atoms with van der Waals surface area (Å²) in [6.07, 6.45) is 0. The second kappa shape index (κ2) is 12.1. The lowest BCUT2D eigenvalue weighted by molar-refractivity contribution is -0.387. The molecule has 3 N–H and O–H groups in total. The van der Waals surface area contributed by atoms with Gasteiger partial charge in [0, 0.05) is 11.6 Å². The molecule has 0 heterocycles. The van der Waals surface area contributed by atoms with Crippen LogP contribution in [0.1, 0.15) is 49.7 Å². The molecule has 10 heteroatoms. The van der Waals surface area contributed by atoms with Crippen molar-refractivity contribution in [1.29, 1.82) is 0 Å². The van der Waals surface area contributed by atoms with E-state index in [1.165, 1.54) is 12.1 Å². The lowest BCUT2D eigenvalue weighted by Crippen LogP contribution is -2.33. The minimum atomic E-state index is -0.756. The van der Waals surface area contributed by atoms with E-state index >= 15 is 0 Å². The Morgan fingerprint density at radius 1 is 1.09 bits per heavy atom. The Balaban J connectivity index is 2.16. The number of nitrogens with zero attached hydrogens (tertiary/aromatic N) is 1. The first kappa shape index (κ1) is 26.0. The van der Waals surface area contributed by atoms with Crippen LogP contribution in [-0.4, -0.2) is 35.7 Å². The number of hydrogen-bond acceptors (Lipinski definition) is 7. The van der Waals surface area contributed by atoms with Gasteiger partial charge < -0.3 is 20.5 Å². The SMILES string of the molecule is CCOc1ccc(C(NC(=O)CSc2ccc(C(N)=O)cc2[N+](=O)[O-])C(C)C)cc1OCC. The zero-order valence-electron chi connectivity index (χ0n) is 19.1. The fraction of sp³-hybridized carbons (Fsp3) is 0.391. The van der Waals surface area contributed by atoms with E-state index in [2.05, 4.69) is 5.32 Å². The number of ether oxygens (including phenoxy) is 2. The summed E-state index contributed by atoms with van der Waals surface area (Å²) >= 11 is 1.02. The topological polar surface area (TPSA) is 134 Å². The average molecular weight is 476 g/mol. The summed E-state index contributed by atoms with van der Waals surface area (Å²) < 4.78 is 11.3. The predicted molar refractivity (Wildman–Crippen MR) is 127 cm³/mol. The van der Waals surface area contributed by atoms with Crippen LogP contribution in [-0.2, 0) is 4.79 Å². The first-order valence-electron chi connectivity index (χ1n) is 10.6. The summed E-state index contributed by atoms with van der Waals surface area (Å²) in [6, 6.07) is 9.23. The van der Waals surface area contributed by atoms with Crippen LogP contribution in [0, 0.1) is 16.0 Å². The zero-order chi connectivity index (χ0) is 24.5. The Morgan fingerprint density at radius 3 is 2.33 bits per heavy atom. The Morgan fingerprint density at radius 2 is 1.76 bits per heavy atom. The molecular weight excluding hydrogens is 446 g/mol. The first-order valence-corrected chi connectivity index (χ1v) is 11.6. The molecule has 33 heavy (non-hydrogen) atoms. The second-order valence-corrected chi connectivity index (χ2v) is 8.47. The molecule has 2 amide bonds. The van der Waals surface area contributed by atoms with E-state index in [9.17, 15) is 19.7 Å². The smallest absolute Gasteiger partial charge is 0.283 e. The van der Waals surface area contributed by atoms with Gasteiger partial charge in [0.1, 0.15) is 0 Å². The highest BCUT2D eigenvalue weighted by atomic mass is 32.2. The van der Waals surface area contributed by atoms with Crippen LogP contribution in [0.4, 0.5) is 5.69 Å². The van der Waals surface area contributed by atoms with Crippen LogP contribution >= 0.6 is 11.8 Å². The maximum absolute atomic E-state index is 12.7. The van der Waals surface area contributed by atoms with Crippen molar-refractivity contribution in [2.45, 2.75) is 38.6 Å². The molecule has 0 aliphatic rings. The maximum atomic E-state index is 12.7. The molecule has 0 fully saturated rings. The zero-order valence-corrected chi connectivity index (χ0v) is 19.9. The molecule has 0 bridgehead atoms. The van der Waals surface area contributed by atoms with Crippen LogP contribution in [0.5, 0.6) is 11.5 Å². The number of benzene rings is 2. The summed E-state index contributed by atoms with van der Waals surface area (Å²) in [7, 11) is 0. The van der Waals surface area contributed by atoms with Crippen molar-refractivity contribution in [3.8, 4) is 11.5 Å². The van der Waals surface area contributed by atoms with Crippen molar-refractivity contribution >= 4 is 29.3 Å². The number of nitrogens with two attached hydrogens (primary N) is 1. The average Bonchev–Trinajstić information content (AvgIpc) is 2.77. The van der Waals surface area contributed by atoms with Gasteiger partial charge >= 0.3 is 0 Å². The Labute approximate surface area is 197 Å². The van der Waals surface area contributed by atoms with Gasteiger partial charge in [0.2, 0.25) is 11.8 Å². The molecule has 1 atom stereocenters. The van der Waals surface area contributed by atoms with Crippen LogP contribution in [0.3, 0.4) is 0 Å². The van der Waals surface area contributed by atoms with Crippen molar-refractivity contribution in [2.24, 2.45) is 11.7 Å². The Kier molecular flexibility index (Phi) is 9.53. The molecule has 2 aromatic carbocycles. The predicted octanol–water partition coefficient (Wildman–Crippen LogP) is 4.10. The van der Waals surface area contributed by atoms with Gasteiger partial charge in [-0.3, -0.25) is 19.7 Å². The minimum absolute atomic E-state index is 0.0324. The molecule has 0 aliphatic carbocycles. The molecule has 9 nitrogen and oxygen atoms in total. The summed E-state index contributed by atoms with van der Waals surface area (Å²) in [5, 5.41) is 14.4. The summed E-state index contributed by atoms with van der Waals surface area (Å²) in [5.74, 6) is 0.258. The highest BCUT2D eigenvalue weighted by Crippen LogP contribution is 2.34. The third-order valence-electron chi connectivity index (χ3n) is 4.71. The largest absolute Gasteiger partial charge is 0.490 e. The molecule has 0 saturated heterocycles. The van der Waals surface area contributed by atoms with E-state index in [1.807, 2.05) is 45.9 Å². The first-order chi connectivity index (χ1) is 15.7. The van der Waals surface area contributed by atoms with Gasteiger partial charge in [-0.2, -0.15) is 0 Å². The van der Waals surface area contributed by atoms with Crippen LogP contribution in [0.2, 0.25) is 0 Å². The summed E-state index contributed by atoms with van der Waals surface area (Å²) in [5.41, 5.74) is 5.84. The monoisotopic (exact) mass is 475 g/mol. The van der Waals surface area contributed by atoms with Crippen molar-refractivity contribution in [3.05, 3.63) is 57.6 Å². The summed E-state index contributed by atoms with van der Waals surface area (Å²) in [6.45, 7) is 8.74. The fourth-order valence-electron chi connectivity index (χ4n) is 3.19. The number of rotatable bonds is 12. The van der Waals surface area contributed by atoms with E-state index in [0.717, 1.165) is 23.4 Å². The van der Waals surface area contributed by atoms with Crippen LogP contribution < -0.4 is 20.5 Å². The second-order valence-electron chi connectivity index (χ2n) is 7.45. The number of primary amides is 1. The molecule has 0 spiro atoms. The number of nitrogens with one attached hydrogen (secondary N) is 1. The Hall–Kier alpha value is -3.27. The third kappa shape index (κ3) is 7.11. The van der Waals surface area contributed by atoms with Crippen molar-refractivity contribution in [2.75, 3.05) is 19.0 Å². The molecule has 2 aromatic rings. The number of nitro benzene ring substituents is 1. The molecule has 0 radical (unpaired) electrons. The van der Waals surface area contributed by atoms with Gasteiger partial charge in [0.25, 0.3) is 5.69 Å². The van der Waals surface area contributed by atoms with Gasteiger partial charge in [-0.25, -0.2) is 0 Å². The van der Waals surface area contributed by atoms with E-state index < -0.39 is 10.8 Å². The lowest BCUT2D eigenvalue weighted by Gasteiger charge is -2.24. The molecule has 2 rings (SSSR count). The molecule has 0 aliphatic heterocycles. The number of carbonyl (C=O) groups excluding carboxylic acids is 2. The van der Waals surface area contributed by atoms with Gasteiger partial charge in [-0.15, -0.1) is 11.8 Å². The van der Waals surface area contributed by atoms with Crippen molar-refractivity contribution in [3.63, 3.8) is 0 Å². The lowest BCUT2D eigenvalue weighted by atomic mass is 9.95. The highest BCUT2D eigenvalue weighted by Gasteiger charge is 2.22. The quantitative estimate of drug-likeness (QED) is 0.268. The van der Waals surface area contributed by atoms with E-state index in [-0.39, 0.29) is 39.8 Å². The third-order valence-corrected chi connectivity index (χ3v) is 5.77.